The Labute approximate surface area is 117 Å². The van der Waals surface area contributed by atoms with Crippen LogP contribution in [0.4, 0.5) is 0 Å². The average Bonchev–Trinajstić information content (AvgIpc) is 2.71. The van der Waals surface area contributed by atoms with Gasteiger partial charge in [0.25, 0.3) is 0 Å². The van der Waals surface area contributed by atoms with Crippen molar-refractivity contribution in [1.29, 1.82) is 0 Å². The number of thioether (sulfide) groups is 1. The quantitative estimate of drug-likeness (QED) is 0.867. The van der Waals surface area contributed by atoms with Crippen LogP contribution in [0, 0.1) is 0 Å². The molecule has 19 heavy (non-hydrogen) atoms. The number of carboxylic acid groups (broad SMARTS) is 1. The summed E-state index contributed by atoms with van der Waals surface area (Å²) in [5, 5.41) is 16.9. The molecule has 2 atom stereocenters. The number of hydrogen-bond acceptors (Lipinski definition) is 4. The van der Waals surface area contributed by atoms with Crippen molar-refractivity contribution in [3.63, 3.8) is 0 Å². The molecule has 106 valence electrons. The molecule has 0 aliphatic carbocycles. The molecular weight excluding hydrogens is 262 g/mol. The Bertz CT molecular complexity index is 479. The number of nitrogens with one attached hydrogen (secondary N) is 1. The number of aliphatic carboxylic acids is 1. The van der Waals surface area contributed by atoms with Crippen LogP contribution in [0.25, 0.3) is 0 Å². The molecule has 1 aromatic rings. The van der Waals surface area contributed by atoms with Crippen LogP contribution in [-0.4, -0.2) is 32.7 Å². The Hall–Kier alpha value is -1.01. The highest BCUT2D eigenvalue weighted by atomic mass is 32.2. The van der Waals surface area contributed by atoms with Gasteiger partial charge in [0.2, 0.25) is 0 Å². The van der Waals surface area contributed by atoms with E-state index in [0.717, 1.165) is 17.0 Å². The number of rotatable bonds is 2. The molecule has 2 heterocycles. The molecule has 1 aliphatic heterocycles. The van der Waals surface area contributed by atoms with Crippen molar-refractivity contribution >= 4 is 17.7 Å². The molecule has 5 nitrogen and oxygen atoms in total. The van der Waals surface area contributed by atoms with Crippen molar-refractivity contribution in [2.24, 2.45) is 7.05 Å². The van der Waals surface area contributed by atoms with Crippen molar-refractivity contribution in [3.8, 4) is 0 Å². The molecule has 1 aromatic heterocycles. The van der Waals surface area contributed by atoms with Crippen LogP contribution in [0.5, 0.6) is 0 Å². The standard InChI is InChI=1S/C13H21N3O2S/c1-13(2,3)10-8(7-16(4)15-10)11-14-9(12(17)18)5-6-19-11/h7,9,11,14H,5-6H2,1-4H3,(H,17,18). The van der Waals surface area contributed by atoms with E-state index < -0.39 is 12.0 Å². The van der Waals surface area contributed by atoms with E-state index in [9.17, 15) is 4.79 Å². The normalized spacial score (nSPS) is 24.4. The lowest BCUT2D eigenvalue weighted by Crippen LogP contribution is -2.42. The van der Waals surface area contributed by atoms with E-state index in [4.69, 9.17) is 5.11 Å². The largest absolute Gasteiger partial charge is 0.480 e. The van der Waals surface area contributed by atoms with E-state index in [1.807, 2.05) is 17.9 Å². The lowest BCUT2D eigenvalue weighted by molar-refractivity contribution is -0.139. The molecule has 0 spiro atoms. The van der Waals surface area contributed by atoms with Gasteiger partial charge >= 0.3 is 5.97 Å². The Morgan fingerprint density at radius 3 is 2.84 bits per heavy atom. The molecule has 0 aromatic carbocycles. The van der Waals surface area contributed by atoms with Gasteiger partial charge in [-0.2, -0.15) is 5.10 Å². The Balaban J connectivity index is 2.29. The van der Waals surface area contributed by atoms with E-state index >= 15 is 0 Å². The molecule has 1 fully saturated rings. The van der Waals surface area contributed by atoms with Gasteiger partial charge in [-0.25, -0.2) is 0 Å². The third-order valence-corrected chi connectivity index (χ3v) is 4.39. The molecule has 1 aliphatic rings. The molecule has 0 saturated carbocycles. The van der Waals surface area contributed by atoms with Crippen molar-refractivity contribution < 1.29 is 9.90 Å². The highest BCUT2D eigenvalue weighted by Crippen LogP contribution is 2.37. The van der Waals surface area contributed by atoms with Gasteiger partial charge < -0.3 is 5.11 Å². The highest BCUT2D eigenvalue weighted by Gasteiger charge is 2.32. The zero-order valence-corrected chi connectivity index (χ0v) is 12.6. The van der Waals surface area contributed by atoms with E-state index in [1.54, 1.807) is 11.8 Å². The third kappa shape index (κ3) is 3.12. The average molecular weight is 283 g/mol. The maximum Gasteiger partial charge on any atom is 0.320 e. The predicted octanol–water partition coefficient (Wildman–Crippen LogP) is 1.90. The van der Waals surface area contributed by atoms with Gasteiger partial charge in [0.1, 0.15) is 6.04 Å². The first-order valence-electron chi connectivity index (χ1n) is 6.43. The van der Waals surface area contributed by atoms with Gasteiger partial charge in [0.15, 0.2) is 0 Å². The third-order valence-electron chi connectivity index (χ3n) is 3.19. The van der Waals surface area contributed by atoms with Crippen LogP contribution < -0.4 is 5.32 Å². The predicted molar refractivity (Wildman–Crippen MR) is 76.3 cm³/mol. The summed E-state index contributed by atoms with van der Waals surface area (Å²) in [6, 6.07) is -0.459. The monoisotopic (exact) mass is 283 g/mol. The van der Waals surface area contributed by atoms with Gasteiger partial charge in [0.05, 0.1) is 11.1 Å². The van der Waals surface area contributed by atoms with Crippen molar-refractivity contribution in [2.75, 3.05) is 5.75 Å². The van der Waals surface area contributed by atoms with Crippen molar-refractivity contribution in [2.45, 2.75) is 44.0 Å². The van der Waals surface area contributed by atoms with E-state index in [2.05, 4.69) is 31.2 Å². The van der Waals surface area contributed by atoms with Gasteiger partial charge in [-0.15, -0.1) is 11.8 Å². The molecule has 2 unspecified atom stereocenters. The second-order valence-corrected chi connectivity index (χ2v) is 7.17. The summed E-state index contributed by atoms with van der Waals surface area (Å²) in [7, 11) is 1.90. The molecule has 0 radical (unpaired) electrons. The summed E-state index contributed by atoms with van der Waals surface area (Å²) >= 11 is 1.75. The second kappa shape index (κ2) is 5.17. The first-order chi connectivity index (χ1) is 8.79. The molecule has 0 amide bonds. The lowest BCUT2D eigenvalue weighted by atomic mass is 9.89. The van der Waals surface area contributed by atoms with Gasteiger partial charge in [-0.3, -0.25) is 14.8 Å². The topological polar surface area (TPSA) is 67.2 Å². The first-order valence-corrected chi connectivity index (χ1v) is 7.48. The number of aryl methyl sites for hydroxylation is 1. The van der Waals surface area contributed by atoms with Crippen LogP contribution in [0.3, 0.4) is 0 Å². The Kier molecular flexibility index (Phi) is 3.92. The summed E-state index contributed by atoms with van der Waals surface area (Å²) < 4.78 is 1.81. The number of nitrogens with zero attached hydrogens (tertiary/aromatic N) is 2. The van der Waals surface area contributed by atoms with Gasteiger partial charge in [0, 0.05) is 24.2 Å². The Morgan fingerprint density at radius 1 is 1.58 bits per heavy atom. The molecule has 6 heteroatoms. The maximum absolute atomic E-state index is 11.1. The van der Waals surface area contributed by atoms with Crippen LogP contribution in [0.15, 0.2) is 6.20 Å². The molecule has 2 rings (SSSR count). The number of hydrogen-bond donors (Lipinski definition) is 2. The van der Waals surface area contributed by atoms with Crippen LogP contribution in [0.1, 0.15) is 43.8 Å². The van der Waals surface area contributed by atoms with Gasteiger partial charge in [-0.05, 0) is 12.2 Å². The maximum atomic E-state index is 11.1. The molecule has 2 N–H and O–H groups in total. The van der Waals surface area contributed by atoms with Crippen molar-refractivity contribution in [3.05, 3.63) is 17.5 Å². The van der Waals surface area contributed by atoms with Gasteiger partial charge in [-0.1, -0.05) is 20.8 Å². The minimum absolute atomic E-state index is 0.0118. The second-order valence-electron chi connectivity index (χ2n) is 5.95. The minimum atomic E-state index is -0.772. The van der Waals surface area contributed by atoms with E-state index in [1.165, 1.54) is 0 Å². The summed E-state index contributed by atoms with van der Waals surface area (Å²) in [5.41, 5.74) is 2.09. The molecule has 0 bridgehead atoms. The summed E-state index contributed by atoms with van der Waals surface area (Å²) in [6.07, 6.45) is 2.66. The summed E-state index contributed by atoms with van der Waals surface area (Å²) in [4.78, 5) is 11.1. The SMILES string of the molecule is Cn1cc(C2NC(C(=O)O)CCS2)c(C(C)(C)C)n1. The smallest absolute Gasteiger partial charge is 0.320 e. The first kappa shape index (κ1) is 14.4. The van der Waals surface area contributed by atoms with Crippen LogP contribution in [-0.2, 0) is 17.3 Å². The fourth-order valence-corrected chi connectivity index (χ4v) is 3.49. The highest BCUT2D eigenvalue weighted by molar-refractivity contribution is 7.99. The number of carboxylic acids is 1. The summed E-state index contributed by atoms with van der Waals surface area (Å²) in [6.45, 7) is 6.38. The number of aromatic nitrogens is 2. The van der Waals surface area contributed by atoms with Crippen LogP contribution >= 0.6 is 11.8 Å². The summed E-state index contributed by atoms with van der Waals surface area (Å²) in [5.74, 6) is 0.0825. The minimum Gasteiger partial charge on any atom is -0.480 e. The Morgan fingerprint density at radius 2 is 2.26 bits per heavy atom. The fraction of sp³-hybridized carbons (Fsp3) is 0.692. The fourth-order valence-electron chi connectivity index (χ4n) is 2.27. The molecule has 1 saturated heterocycles. The molecular formula is C13H21N3O2S. The van der Waals surface area contributed by atoms with Crippen LogP contribution in [0.2, 0.25) is 0 Å². The van der Waals surface area contributed by atoms with E-state index in [0.29, 0.717) is 6.42 Å². The zero-order valence-electron chi connectivity index (χ0n) is 11.8. The lowest BCUT2D eigenvalue weighted by Gasteiger charge is -2.29. The van der Waals surface area contributed by atoms with Crippen molar-refractivity contribution in [1.82, 2.24) is 15.1 Å². The number of carbonyl (C=O) groups is 1. The zero-order chi connectivity index (χ0) is 14.2. The van der Waals surface area contributed by atoms with E-state index in [-0.39, 0.29) is 10.8 Å².